The summed E-state index contributed by atoms with van der Waals surface area (Å²) in [6.45, 7) is -0.510. The standard InChI is InChI=1S/C33H30F3NO7/c34-33(35,36)44-26-16-14-23(15-17-26)28(38)18-27(22-8-6-21(7-9-22)20-4-2-1-3-5-20)30(40)24-10-12-25(13-11-24)31(41)37-19-29(39)32(42)43/h6-18,20,29,39H,1-5,19H2,(H,37,41)(H,42,43)/b27-18-. The summed E-state index contributed by atoms with van der Waals surface area (Å²) in [5.41, 5.74) is 1.94. The van der Waals surface area contributed by atoms with E-state index in [1.807, 2.05) is 12.1 Å². The largest absolute Gasteiger partial charge is 0.573 e. The number of ketones is 2. The zero-order chi connectivity index (χ0) is 31.9. The number of halogens is 3. The van der Waals surface area contributed by atoms with E-state index in [4.69, 9.17) is 5.11 Å². The summed E-state index contributed by atoms with van der Waals surface area (Å²) in [6, 6.07) is 17.2. The van der Waals surface area contributed by atoms with E-state index in [9.17, 15) is 37.5 Å². The number of nitrogens with one attached hydrogen (secondary N) is 1. The second-order valence-corrected chi connectivity index (χ2v) is 10.4. The molecule has 0 bridgehead atoms. The number of hydrogen-bond acceptors (Lipinski definition) is 6. The number of aliphatic hydroxyl groups excluding tert-OH is 1. The molecule has 3 aromatic rings. The van der Waals surface area contributed by atoms with Gasteiger partial charge in [0.1, 0.15) is 5.75 Å². The third kappa shape index (κ3) is 8.63. The molecule has 1 saturated carbocycles. The molecule has 1 amide bonds. The van der Waals surface area contributed by atoms with Gasteiger partial charge in [0.05, 0.1) is 6.54 Å². The van der Waals surface area contributed by atoms with Crippen LogP contribution < -0.4 is 10.1 Å². The highest BCUT2D eigenvalue weighted by Gasteiger charge is 2.31. The van der Waals surface area contributed by atoms with Gasteiger partial charge in [-0.25, -0.2) is 4.79 Å². The number of hydrogen-bond donors (Lipinski definition) is 3. The maximum Gasteiger partial charge on any atom is 0.573 e. The van der Waals surface area contributed by atoms with Gasteiger partial charge in [-0.1, -0.05) is 55.7 Å². The van der Waals surface area contributed by atoms with Crippen molar-refractivity contribution in [3.63, 3.8) is 0 Å². The molecule has 1 fully saturated rings. The first kappa shape index (κ1) is 32.2. The molecule has 3 N–H and O–H groups in total. The van der Waals surface area contributed by atoms with Crippen LogP contribution in [-0.4, -0.2) is 52.7 Å². The molecule has 0 spiro atoms. The molecule has 1 unspecified atom stereocenters. The van der Waals surface area contributed by atoms with E-state index in [0.29, 0.717) is 11.5 Å². The van der Waals surface area contributed by atoms with Crippen molar-refractivity contribution in [1.82, 2.24) is 5.32 Å². The van der Waals surface area contributed by atoms with Crippen LogP contribution in [0.15, 0.2) is 78.9 Å². The molecule has 1 aliphatic rings. The average molecular weight is 610 g/mol. The van der Waals surface area contributed by atoms with Gasteiger partial charge in [0.25, 0.3) is 5.91 Å². The molecule has 1 atom stereocenters. The number of ether oxygens (including phenoxy) is 1. The molecule has 4 rings (SSSR count). The number of carbonyl (C=O) groups excluding carboxylic acids is 3. The molecule has 8 nitrogen and oxygen atoms in total. The Labute approximate surface area is 251 Å². The maximum atomic E-state index is 13.7. The number of rotatable bonds is 11. The highest BCUT2D eigenvalue weighted by molar-refractivity contribution is 6.32. The van der Waals surface area contributed by atoms with E-state index in [2.05, 4.69) is 10.1 Å². The van der Waals surface area contributed by atoms with Gasteiger partial charge in [-0.3, -0.25) is 14.4 Å². The summed E-state index contributed by atoms with van der Waals surface area (Å²) in [4.78, 5) is 50.0. The summed E-state index contributed by atoms with van der Waals surface area (Å²) in [6.07, 6.45) is 0.105. The van der Waals surface area contributed by atoms with E-state index in [0.717, 1.165) is 49.5 Å². The molecule has 0 aromatic heterocycles. The minimum absolute atomic E-state index is 0.0409. The second kappa shape index (κ2) is 14.1. The predicted octanol–water partition coefficient (Wildman–Crippen LogP) is 5.96. The lowest BCUT2D eigenvalue weighted by molar-refractivity contribution is -0.274. The topological polar surface area (TPSA) is 130 Å². The zero-order valence-corrected chi connectivity index (χ0v) is 23.5. The van der Waals surface area contributed by atoms with Crippen molar-refractivity contribution < 1.29 is 47.3 Å². The van der Waals surface area contributed by atoms with E-state index >= 15 is 0 Å². The highest BCUT2D eigenvalue weighted by atomic mass is 19.4. The Morgan fingerprint density at radius 3 is 1.93 bits per heavy atom. The molecule has 3 aromatic carbocycles. The van der Waals surface area contributed by atoms with Gasteiger partial charge < -0.3 is 20.3 Å². The number of amides is 1. The van der Waals surface area contributed by atoms with Crippen LogP contribution in [0.4, 0.5) is 13.2 Å². The number of benzene rings is 3. The first-order valence-corrected chi connectivity index (χ1v) is 14.0. The summed E-state index contributed by atoms with van der Waals surface area (Å²) >= 11 is 0. The minimum atomic E-state index is -4.88. The Hall–Kier alpha value is -4.77. The van der Waals surface area contributed by atoms with Gasteiger partial charge in [0, 0.05) is 22.3 Å². The Kier molecular flexibility index (Phi) is 10.3. The molecular weight excluding hydrogens is 579 g/mol. The smallest absolute Gasteiger partial charge is 0.479 e. The maximum absolute atomic E-state index is 13.7. The minimum Gasteiger partial charge on any atom is -0.479 e. The molecule has 0 saturated heterocycles. The van der Waals surface area contributed by atoms with Crippen LogP contribution in [0.3, 0.4) is 0 Å². The third-order valence-corrected chi connectivity index (χ3v) is 7.34. The van der Waals surface area contributed by atoms with Crippen LogP contribution in [0.25, 0.3) is 5.57 Å². The fourth-order valence-corrected chi connectivity index (χ4v) is 4.99. The number of Topliss-reactive ketones (excluding diaryl/α,β-unsaturated/α-hetero) is 1. The number of carboxylic acid groups (broad SMARTS) is 1. The second-order valence-electron chi connectivity index (χ2n) is 10.4. The lowest BCUT2D eigenvalue weighted by Crippen LogP contribution is -2.36. The molecule has 44 heavy (non-hydrogen) atoms. The summed E-state index contributed by atoms with van der Waals surface area (Å²) in [5, 5.41) is 20.4. The average Bonchev–Trinajstić information content (AvgIpc) is 3.02. The number of alkyl halides is 3. The normalized spacial score (nSPS) is 14.9. The van der Waals surface area contributed by atoms with Crippen molar-refractivity contribution in [2.24, 2.45) is 0 Å². The highest BCUT2D eigenvalue weighted by Crippen LogP contribution is 2.33. The van der Waals surface area contributed by atoms with Crippen molar-refractivity contribution >= 4 is 29.0 Å². The summed E-state index contributed by atoms with van der Waals surface area (Å²) in [7, 11) is 0. The van der Waals surface area contributed by atoms with Crippen molar-refractivity contribution in [2.45, 2.75) is 50.5 Å². The first-order valence-electron chi connectivity index (χ1n) is 14.0. The van der Waals surface area contributed by atoms with Crippen LogP contribution in [0.1, 0.15) is 80.2 Å². The zero-order valence-electron chi connectivity index (χ0n) is 23.5. The van der Waals surface area contributed by atoms with Crippen LogP contribution in [0.5, 0.6) is 5.75 Å². The molecule has 0 heterocycles. The number of allylic oxidation sites excluding steroid dienone is 2. The van der Waals surface area contributed by atoms with Crippen molar-refractivity contribution in [3.8, 4) is 5.75 Å². The predicted molar refractivity (Wildman–Crippen MR) is 154 cm³/mol. The third-order valence-electron chi connectivity index (χ3n) is 7.34. The fourth-order valence-electron chi connectivity index (χ4n) is 4.99. The molecule has 0 radical (unpaired) electrons. The molecular formula is C33H30F3NO7. The summed E-state index contributed by atoms with van der Waals surface area (Å²) in [5.74, 6) is -3.38. The van der Waals surface area contributed by atoms with Gasteiger partial charge in [0.15, 0.2) is 17.7 Å². The number of aliphatic carboxylic acids is 1. The van der Waals surface area contributed by atoms with Crippen LogP contribution in [0.2, 0.25) is 0 Å². The van der Waals surface area contributed by atoms with Gasteiger partial charge in [-0.05, 0) is 72.4 Å². The molecule has 1 aliphatic carbocycles. The van der Waals surface area contributed by atoms with Crippen LogP contribution in [-0.2, 0) is 4.79 Å². The van der Waals surface area contributed by atoms with Crippen molar-refractivity contribution in [1.29, 1.82) is 0 Å². The number of aliphatic hydroxyl groups is 1. The monoisotopic (exact) mass is 609 g/mol. The number of carboxylic acids is 1. The van der Waals surface area contributed by atoms with Crippen LogP contribution in [0, 0.1) is 0 Å². The van der Waals surface area contributed by atoms with E-state index in [1.54, 1.807) is 12.1 Å². The molecule has 0 aliphatic heterocycles. The van der Waals surface area contributed by atoms with Crippen LogP contribution >= 0.6 is 0 Å². The van der Waals surface area contributed by atoms with Gasteiger partial charge in [-0.2, -0.15) is 0 Å². The van der Waals surface area contributed by atoms with Crippen molar-refractivity contribution in [3.05, 3.63) is 107 Å². The molecule has 230 valence electrons. The SMILES string of the molecule is O=C(/C=C(\C(=O)c1ccc(C(=O)NCC(O)C(=O)O)cc1)c1ccc(C2CCCCC2)cc1)c1ccc(OC(F)(F)F)cc1. The molecule has 11 heteroatoms. The van der Waals surface area contributed by atoms with Crippen molar-refractivity contribution in [2.75, 3.05) is 6.54 Å². The Morgan fingerprint density at radius 2 is 1.36 bits per heavy atom. The van der Waals surface area contributed by atoms with E-state index in [1.165, 1.54) is 42.8 Å². The van der Waals surface area contributed by atoms with Gasteiger partial charge in [-0.15, -0.1) is 13.2 Å². The fraction of sp³-hybridized carbons (Fsp3) is 0.273. The lowest BCUT2D eigenvalue weighted by atomic mass is 9.83. The first-order chi connectivity index (χ1) is 20.9. The quantitative estimate of drug-likeness (QED) is 0.181. The van der Waals surface area contributed by atoms with E-state index < -0.39 is 48.2 Å². The summed E-state index contributed by atoms with van der Waals surface area (Å²) < 4.78 is 41.5. The van der Waals surface area contributed by atoms with Gasteiger partial charge in [0.2, 0.25) is 0 Å². The van der Waals surface area contributed by atoms with Gasteiger partial charge >= 0.3 is 12.3 Å². The Morgan fingerprint density at radius 1 is 0.818 bits per heavy atom. The number of carbonyl (C=O) groups is 4. The van der Waals surface area contributed by atoms with E-state index in [-0.39, 0.29) is 22.3 Å². The lowest BCUT2D eigenvalue weighted by Gasteiger charge is -2.22. The Bertz CT molecular complexity index is 1520. The Balaban J connectivity index is 1.60.